The first kappa shape index (κ1) is 18.7. The number of rotatable bonds is 6. The summed E-state index contributed by atoms with van der Waals surface area (Å²) in [7, 11) is 0. The van der Waals surface area contributed by atoms with Gasteiger partial charge in [0.25, 0.3) is 0 Å². The standard InChI is InChI=1S/C24H24O3/c1-16-12-17(2)22(18(3)13-16)14-19-8-10-20(11-9-19)15-27-23-7-5-4-6-21(23)24(25)26/h4-13H,14-15H2,1-3H3,(H,25,26). The van der Waals surface area contributed by atoms with E-state index in [0.29, 0.717) is 12.4 Å². The summed E-state index contributed by atoms with van der Waals surface area (Å²) in [5, 5.41) is 9.22. The van der Waals surface area contributed by atoms with Crippen molar-refractivity contribution in [3.05, 3.63) is 99.6 Å². The van der Waals surface area contributed by atoms with Gasteiger partial charge in [0, 0.05) is 0 Å². The van der Waals surface area contributed by atoms with Crippen LogP contribution in [0.1, 0.15) is 43.7 Å². The molecule has 0 amide bonds. The summed E-state index contributed by atoms with van der Waals surface area (Å²) in [5.74, 6) is -0.593. The van der Waals surface area contributed by atoms with Crippen LogP contribution in [0.2, 0.25) is 0 Å². The first-order valence-corrected chi connectivity index (χ1v) is 9.03. The molecule has 27 heavy (non-hydrogen) atoms. The van der Waals surface area contributed by atoms with Crippen molar-refractivity contribution < 1.29 is 14.6 Å². The van der Waals surface area contributed by atoms with Crippen molar-refractivity contribution in [3.63, 3.8) is 0 Å². The van der Waals surface area contributed by atoms with Gasteiger partial charge < -0.3 is 9.84 Å². The predicted octanol–water partition coefficient (Wildman–Crippen LogP) is 5.48. The number of carboxylic acid groups (broad SMARTS) is 1. The van der Waals surface area contributed by atoms with Crippen molar-refractivity contribution in [1.29, 1.82) is 0 Å². The van der Waals surface area contributed by atoms with Crippen LogP contribution in [0, 0.1) is 20.8 Å². The fourth-order valence-electron chi connectivity index (χ4n) is 3.38. The molecule has 0 fully saturated rings. The molecule has 3 aromatic rings. The van der Waals surface area contributed by atoms with Crippen molar-refractivity contribution in [1.82, 2.24) is 0 Å². The van der Waals surface area contributed by atoms with Crippen molar-refractivity contribution >= 4 is 5.97 Å². The highest BCUT2D eigenvalue weighted by molar-refractivity contribution is 5.90. The summed E-state index contributed by atoms with van der Waals surface area (Å²) < 4.78 is 5.71. The molecular weight excluding hydrogens is 336 g/mol. The monoisotopic (exact) mass is 360 g/mol. The van der Waals surface area contributed by atoms with E-state index in [0.717, 1.165) is 12.0 Å². The number of carbonyl (C=O) groups is 1. The molecule has 0 radical (unpaired) electrons. The minimum atomic E-state index is -0.982. The van der Waals surface area contributed by atoms with Gasteiger partial charge in [-0.2, -0.15) is 0 Å². The molecule has 0 saturated heterocycles. The van der Waals surface area contributed by atoms with Crippen LogP contribution in [0.4, 0.5) is 0 Å². The zero-order valence-corrected chi connectivity index (χ0v) is 16.0. The molecule has 3 heteroatoms. The lowest BCUT2D eigenvalue weighted by Gasteiger charge is -2.12. The Balaban J connectivity index is 1.69. The summed E-state index contributed by atoms with van der Waals surface area (Å²) in [6.07, 6.45) is 0.904. The van der Waals surface area contributed by atoms with Crippen molar-refractivity contribution in [3.8, 4) is 5.75 Å². The molecule has 0 aromatic heterocycles. The van der Waals surface area contributed by atoms with E-state index < -0.39 is 5.97 Å². The Kier molecular flexibility index (Phi) is 5.60. The Morgan fingerprint density at radius 2 is 1.48 bits per heavy atom. The first-order chi connectivity index (χ1) is 12.9. The Morgan fingerprint density at radius 3 is 2.11 bits per heavy atom. The average Bonchev–Trinajstić information content (AvgIpc) is 2.64. The summed E-state index contributed by atoms with van der Waals surface area (Å²) in [6.45, 7) is 6.79. The normalized spacial score (nSPS) is 10.6. The lowest BCUT2D eigenvalue weighted by atomic mass is 9.94. The van der Waals surface area contributed by atoms with Gasteiger partial charge in [-0.1, -0.05) is 54.1 Å². The van der Waals surface area contributed by atoms with Gasteiger partial charge in [0.15, 0.2) is 0 Å². The second-order valence-corrected chi connectivity index (χ2v) is 6.96. The van der Waals surface area contributed by atoms with Gasteiger partial charge >= 0.3 is 5.97 Å². The highest BCUT2D eigenvalue weighted by atomic mass is 16.5. The van der Waals surface area contributed by atoms with Crippen molar-refractivity contribution in [2.45, 2.75) is 33.8 Å². The smallest absolute Gasteiger partial charge is 0.339 e. The molecule has 1 N–H and O–H groups in total. The van der Waals surface area contributed by atoms with Crippen LogP contribution >= 0.6 is 0 Å². The number of carboxylic acids is 1. The van der Waals surface area contributed by atoms with Crippen LogP contribution < -0.4 is 4.74 Å². The predicted molar refractivity (Wildman–Crippen MR) is 108 cm³/mol. The minimum Gasteiger partial charge on any atom is -0.488 e. The van der Waals surface area contributed by atoms with Gasteiger partial charge in [0.05, 0.1) is 0 Å². The fourth-order valence-corrected chi connectivity index (χ4v) is 3.38. The molecule has 0 spiro atoms. The largest absolute Gasteiger partial charge is 0.488 e. The summed E-state index contributed by atoms with van der Waals surface area (Å²) >= 11 is 0. The summed E-state index contributed by atoms with van der Waals surface area (Å²) in [5.41, 5.74) is 7.76. The Labute approximate surface area is 160 Å². The van der Waals surface area contributed by atoms with Crippen LogP contribution in [-0.4, -0.2) is 11.1 Å². The van der Waals surface area contributed by atoms with Gasteiger partial charge in [-0.25, -0.2) is 4.79 Å². The second kappa shape index (κ2) is 8.09. The molecular formula is C24H24O3. The van der Waals surface area contributed by atoms with E-state index in [2.05, 4.69) is 45.0 Å². The lowest BCUT2D eigenvalue weighted by molar-refractivity contribution is 0.0691. The van der Waals surface area contributed by atoms with Gasteiger partial charge in [-0.05, 0) is 67.1 Å². The molecule has 0 bridgehead atoms. The number of aromatic carboxylic acids is 1. The van der Waals surface area contributed by atoms with Crippen LogP contribution in [-0.2, 0) is 13.0 Å². The Morgan fingerprint density at radius 1 is 0.889 bits per heavy atom. The summed E-state index contributed by atoms with van der Waals surface area (Å²) in [4.78, 5) is 11.2. The molecule has 3 aromatic carbocycles. The zero-order chi connectivity index (χ0) is 19.4. The number of aryl methyl sites for hydroxylation is 3. The van der Waals surface area contributed by atoms with Crippen LogP contribution in [0.15, 0.2) is 60.7 Å². The Hall–Kier alpha value is -3.07. The van der Waals surface area contributed by atoms with E-state index in [1.807, 2.05) is 12.1 Å². The zero-order valence-electron chi connectivity index (χ0n) is 16.0. The number of hydrogen-bond acceptors (Lipinski definition) is 2. The number of ether oxygens (including phenoxy) is 1. The third-order valence-electron chi connectivity index (χ3n) is 4.76. The molecule has 0 heterocycles. The van der Waals surface area contributed by atoms with E-state index >= 15 is 0 Å². The second-order valence-electron chi connectivity index (χ2n) is 6.96. The quantitative estimate of drug-likeness (QED) is 0.633. The maximum atomic E-state index is 11.2. The highest BCUT2D eigenvalue weighted by Crippen LogP contribution is 2.22. The molecule has 138 valence electrons. The van der Waals surface area contributed by atoms with Crippen LogP contribution in [0.25, 0.3) is 0 Å². The number of para-hydroxylation sites is 1. The molecule has 3 nitrogen and oxygen atoms in total. The van der Waals surface area contributed by atoms with E-state index in [4.69, 9.17) is 4.74 Å². The fraction of sp³-hybridized carbons (Fsp3) is 0.208. The maximum Gasteiger partial charge on any atom is 0.339 e. The molecule has 0 aliphatic heterocycles. The molecule has 0 atom stereocenters. The van der Waals surface area contributed by atoms with Crippen LogP contribution in [0.5, 0.6) is 5.75 Å². The highest BCUT2D eigenvalue weighted by Gasteiger charge is 2.10. The van der Waals surface area contributed by atoms with E-state index in [1.165, 1.54) is 27.8 Å². The van der Waals surface area contributed by atoms with E-state index in [9.17, 15) is 9.90 Å². The first-order valence-electron chi connectivity index (χ1n) is 9.03. The van der Waals surface area contributed by atoms with Gasteiger partial charge in [0.2, 0.25) is 0 Å². The van der Waals surface area contributed by atoms with Crippen LogP contribution in [0.3, 0.4) is 0 Å². The van der Waals surface area contributed by atoms with Gasteiger partial charge in [-0.15, -0.1) is 0 Å². The van der Waals surface area contributed by atoms with Crippen molar-refractivity contribution in [2.75, 3.05) is 0 Å². The van der Waals surface area contributed by atoms with Crippen molar-refractivity contribution in [2.24, 2.45) is 0 Å². The summed E-state index contributed by atoms with van der Waals surface area (Å²) in [6, 6.07) is 19.5. The molecule has 0 aliphatic carbocycles. The van der Waals surface area contributed by atoms with E-state index in [1.54, 1.807) is 24.3 Å². The average molecular weight is 360 g/mol. The molecule has 0 aliphatic rings. The van der Waals surface area contributed by atoms with Gasteiger partial charge in [-0.3, -0.25) is 0 Å². The minimum absolute atomic E-state index is 0.180. The Bertz CT molecular complexity index is 933. The third-order valence-corrected chi connectivity index (χ3v) is 4.76. The molecule has 3 rings (SSSR count). The number of hydrogen-bond donors (Lipinski definition) is 1. The van der Waals surface area contributed by atoms with E-state index in [-0.39, 0.29) is 5.56 Å². The molecule has 0 saturated carbocycles. The third kappa shape index (κ3) is 4.56. The number of benzene rings is 3. The molecule has 0 unspecified atom stereocenters. The maximum absolute atomic E-state index is 11.2. The van der Waals surface area contributed by atoms with Gasteiger partial charge in [0.1, 0.15) is 17.9 Å². The lowest BCUT2D eigenvalue weighted by Crippen LogP contribution is -2.03. The SMILES string of the molecule is Cc1cc(C)c(Cc2ccc(COc3ccccc3C(=O)O)cc2)c(C)c1. The topological polar surface area (TPSA) is 46.5 Å².